The maximum atomic E-state index is 13.3. The maximum Gasteiger partial charge on any atom is 0.123 e. The molecule has 1 nitrogen and oxygen atoms in total. The smallest absolute Gasteiger partial charge is 0.123 e. The molecule has 0 atom stereocenters. The second-order valence-corrected chi connectivity index (χ2v) is 6.82. The number of para-hydroxylation sites is 1. The van der Waals surface area contributed by atoms with Gasteiger partial charge in [-0.05, 0) is 59.6 Å². The van der Waals surface area contributed by atoms with Gasteiger partial charge in [0.1, 0.15) is 5.82 Å². The largest absolute Gasteiger partial charge is 0.309 e. The third-order valence-corrected chi connectivity index (χ3v) is 4.83. The second-order valence-electron chi connectivity index (χ2n) is 6.03. The lowest BCUT2D eigenvalue weighted by atomic mass is 10.1. The van der Waals surface area contributed by atoms with Crippen molar-refractivity contribution >= 4 is 37.7 Å². The summed E-state index contributed by atoms with van der Waals surface area (Å²) in [5.74, 6) is -0.341. The Hall–Kier alpha value is -2.91. The van der Waals surface area contributed by atoms with Gasteiger partial charge in [0.2, 0.25) is 0 Å². The molecule has 130 valence electrons. The van der Waals surface area contributed by atoms with Crippen molar-refractivity contribution in [2.24, 2.45) is 0 Å². The number of fused-ring (bicyclic) bond motifs is 3. The average molecular weight is 423 g/mol. The van der Waals surface area contributed by atoms with Crippen LogP contribution in [0.4, 0.5) is 4.39 Å². The van der Waals surface area contributed by atoms with Crippen molar-refractivity contribution in [2.45, 2.75) is 0 Å². The summed E-state index contributed by atoms with van der Waals surface area (Å²) in [7, 11) is 0. The summed E-state index contributed by atoms with van der Waals surface area (Å²) in [5, 5.41) is 0.306. The van der Waals surface area contributed by atoms with Gasteiger partial charge in [0.05, 0.1) is 20.6 Å². The maximum absolute atomic E-state index is 13.3. The quantitative estimate of drug-likeness (QED) is 0.280. The van der Waals surface area contributed by atoms with E-state index in [0.29, 0.717) is 5.69 Å². The first-order chi connectivity index (χ1) is 16.1. The van der Waals surface area contributed by atoms with E-state index in [1.54, 1.807) is 36.4 Å². The normalized spacial score (nSPS) is 15.0. The fraction of sp³-hybridized carbons (Fsp3) is 0. The number of hydrogen-bond donors (Lipinski definition) is 0. The molecule has 5 rings (SSSR count). The fourth-order valence-electron chi connectivity index (χ4n) is 3.20. The topological polar surface area (TPSA) is 4.93 Å². The van der Waals surface area contributed by atoms with E-state index in [1.165, 1.54) is 16.7 Å². The van der Waals surface area contributed by atoms with E-state index in [9.17, 15) is 4.39 Å². The molecule has 27 heavy (non-hydrogen) atoms. The van der Waals surface area contributed by atoms with Crippen molar-refractivity contribution < 1.29 is 14.0 Å². The Morgan fingerprint density at radius 3 is 2.11 bits per heavy atom. The van der Waals surface area contributed by atoms with Gasteiger partial charge in [-0.2, -0.15) is 0 Å². The van der Waals surface area contributed by atoms with Gasteiger partial charge in [0.15, 0.2) is 0 Å². The number of nitrogens with zero attached hydrogens (tertiary/aromatic N) is 1. The molecule has 0 aliphatic heterocycles. The first-order valence-corrected chi connectivity index (χ1v) is 8.98. The fourth-order valence-corrected chi connectivity index (χ4v) is 3.49. The number of aromatic nitrogens is 1. The van der Waals surface area contributed by atoms with E-state index in [1.807, 2.05) is 0 Å². The van der Waals surface area contributed by atoms with Crippen LogP contribution in [0.5, 0.6) is 0 Å². The summed E-state index contributed by atoms with van der Waals surface area (Å²) in [6.45, 7) is 0. The highest BCUT2D eigenvalue weighted by molar-refractivity contribution is 9.10. The van der Waals surface area contributed by atoms with Crippen LogP contribution in [0.25, 0.3) is 38.6 Å². The molecule has 0 unspecified atom stereocenters. The van der Waals surface area contributed by atoms with Crippen molar-refractivity contribution in [3.8, 4) is 16.8 Å². The molecule has 3 heteroatoms. The predicted molar refractivity (Wildman–Crippen MR) is 114 cm³/mol. The van der Waals surface area contributed by atoms with E-state index < -0.39 is 12.1 Å². The first-order valence-electron chi connectivity index (χ1n) is 11.7. The molecular weight excluding hydrogens is 401 g/mol. The van der Waals surface area contributed by atoms with E-state index in [0.717, 1.165) is 11.1 Å². The van der Waals surface area contributed by atoms with Crippen LogP contribution in [0.1, 0.15) is 9.60 Å². The molecule has 4 aromatic carbocycles. The minimum Gasteiger partial charge on any atom is -0.309 e. The summed E-state index contributed by atoms with van der Waals surface area (Å²) >= 11 is 3.20. The van der Waals surface area contributed by atoms with Gasteiger partial charge in [0, 0.05) is 20.9 Å². The molecule has 0 N–H and O–H groups in total. The van der Waals surface area contributed by atoms with E-state index in [4.69, 9.17) is 9.60 Å². The minimum atomic E-state index is -0.430. The number of hydrogen-bond acceptors (Lipinski definition) is 0. The number of rotatable bonds is 2. The molecule has 5 aromatic rings. The number of benzene rings is 4. The second kappa shape index (κ2) is 6.36. The Morgan fingerprint density at radius 2 is 1.37 bits per heavy atom. The van der Waals surface area contributed by atoms with Crippen molar-refractivity contribution in [3.63, 3.8) is 0 Å². The molecule has 1 heterocycles. The van der Waals surface area contributed by atoms with Crippen LogP contribution in [0, 0.1) is 5.82 Å². The van der Waals surface area contributed by atoms with Gasteiger partial charge in [-0.25, -0.2) is 4.39 Å². The summed E-state index contributed by atoms with van der Waals surface area (Å²) in [6, 6.07) is 11.1. The zero-order chi connectivity index (χ0) is 24.5. The van der Waals surface area contributed by atoms with Crippen molar-refractivity contribution in [1.29, 1.82) is 0 Å². The Balaban J connectivity index is 1.91. The van der Waals surface area contributed by atoms with Gasteiger partial charge in [-0.15, -0.1) is 0 Å². The van der Waals surface area contributed by atoms with E-state index >= 15 is 0 Å². The van der Waals surface area contributed by atoms with E-state index in [2.05, 4.69) is 15.9 Å². The first kappa shape index (κ1) is 10.4. The van der Waals surface area contributed by atoms with Crippen molar-refractivity contribution in [2.75, 3.05) is 0 Å². The lowest BCUT2D eigenvalue weighted by Gasteiger charge is -2.09. The minimum absolute atomic E-state index is 0.0862. The highest BCUT2D eigenvalue weighted by Gasteiger charge is 2.12. The zero-order valence-corrected chi connectivity index (χ0v) is 15.4. The molecule has 0 radical (unpaired) electrons. The van der Waals surface area contributed by atoms with Gasteiger partial charge in [-0.3, -0.25) is 0 Å². The van der Waals surface area contributed by atoms with Gasteiger partial charge in [0.25, 0.3) is 0 Å². The molecule has 0 saturated carbocycles. The van der Waals surface area contributed by atoms with Crippen molar-refractivity contribution in [1.82, 2.24) is 4.57 Å². The SMILES string of the molecule is [2H]c1c([2H])c([2H])c2c(c1[2H])c1c([2H])c(Br)c([2H])c([2H])c1n2-c1ccc(-c2ccc(F)cc2)cc1. The average Bonchev–Trinajstić information content (AvgIpc) is 3.20. The highest BCUT2D eigenvalue weighted by Crippen LogP contribution is 2.34. The molecule has 0 aliphatic rings. The third-order valence-electron chi connectivity index (χ3n) is 4.43. The van der Waals surface area contributed by atoms with Crippen LogP contribution < -0.4 is 0 Å². The van der Waals surface area contributed by atoms with Crippen LogP contribution in [0.15, 0.2) is 95.3 Å². The molecule has 1 aromatic heterocycles. The van der Waals surface area contributed by atoms with Crippen LogP contribution in [0.2, 0.25) is 0 Å². The van der Waals surface area contributed by atoms with Crippen LogP contribution in [0.3, 0.4) is 0 Å². The predicted octanol–water partition coefficient (Wildman–Crippen LogP) is 7.35. The van der Waals surface area contributed by atoms with Gasteiger partial charge >= 0.3 is 0 Å². The van der Waals surface area contributed by atoms with Gasteiger partial charge < -0.3 is 4.57 Å². The monoisotopic (exact) mass is 422 g/mol. The summed E-state index contributed by atoms with van der Waals surface area (Å²) in [5.41, 5.74) is 2.40. The Labute approximate surface area is 174 Å². The summed E-state index contributed by atoms with van der Waals surface area (Å²) in [6.07, 6.45) is 0. The highest BCUT2D eigenvalue weighted by atomic mass is 79.9. The third kappa shape index (κ3) is 2.75. The summed E-state index contributed by atoms with van der Waals surface area (Å²) in [4.78, 5) is 0. The van der Waals surface area contributed by atoms with Gasteiger partial charge in [-0.1, -0.05) is 58.3 Å². The Bertz CT molecular complexity index is 1550. The molecule has 0 fully saturated rings. The molecule has 0 aliphatic carbocycles. The molecular formula is C24H15BrFN. The van der Waals surface area contributed by atoms with Crippen LogP contribution >= 0.6 is 15.9 Å². The summed E-state index contributed by atoms with van der Waals surface area (Å²) < 4.78 is 73.8. The zero-order valence-electron chi connectivity index (χ0n) is 20.8. The lowest BCUT2D eigenvalue weighted by molar-refractivity contribution is 0.628. The van der Waals surface area contributed by atoms with Crippen LogP contribution in [-0.4, -0.2) is 4.57 Å². The van der Waals surface area contributed by atoms with Crippen LogP contribution in [-0.2, 0) is 0 Å². The number of halogens is 2. The molecule has 0 bridgehead atoms. The molecule has 0 spiro atoms. The van der Waals surface area contributed by atoms with E-state index in [-0.39, 0.29) is 62.3 Å². The molecule has 0 saturated heterocycles. The lowest BCUT2D eigenvalue weighted by Crippen LogP contribution is -1.93. The van der Waals surface area contributed by atoms with Crippen molar-refractivity contribution in [3.05, 3.63) is 101 Å². The Kier molecular flexibility index (Phi) is 2.46. The standard InChI is InChI=1S/C24H15BrFN/c25-18-9-14-24-22(15-18)21-3-1-2-4-23(21)27(24)20-12-7-17(8-13-20)16-5-10-19(26)11-6-16/h1-15H/i1D,2D,3D,4D,9D,14D,15D. The molecule has 0 amide bonds. The Morgan fingerprint density at radius 1 is 0.741 bits per heavy atom.